The van der Waals surface area contributed by atoms with Crippen LogP contribution < -0.4 is 10.1 Å². The van der Waals surface area contributed by atoms with Gasteiger partial charge in [0, 0.05) is 11.8 Å². The molecule has 19 heavy (non-hydrogen) atoms. The molecule has 0 amide bonds. The number of para-hydroxylation sites is 1. The Balaban J connectivity index is 1.94. The van der Waals surface area contributed by atoms with E-state index in [1.54, 1.807) is 7.11 Å². The van der Waals surface area contributed by atoms with Gasteiger partial charge in [-0.05, 0) is 44.4 Å². The largest absolute Gasteiger partial charge is 0.495 e. The molecule has 3 nitrogen and oxygen atoms in total. The summed E-state index contributed by atoms with van der Waals surface area (Å²) in [5.41, 5.74) is 0. The topological polar surface area (TPSA) is 38.3 Å². The molecule has 0 heterocycles. The molecule has 1 aliphatic rings. The summed E-state index contributed by atoms with van der Waals surface area (Å²) >= 11 is 0. The number of benzene rings is 1. The smallest absolute Gasteiger partial charge is 0.134 e. The molecule has 3 atom stereocenters. The number of hydrogen-bond acceptors (Lipinski definition) is 3. The molecule has 1 aromatic carbocycles. The average Bonchev–Trinajstić information content (AvgIpc) is 2.92. The minimum Gasteiger partial charge on any atom is -0.495 e. The molecule has 3 unspecified atom stereocenters. The van der Waals surface area contributed by atoms with Crippen molar-refractivity contribution in [2.75, 3.05) is 19.9 Å². The van der Waals surface area contributed by atoms with Crippen molar-refractivity contribution in [2.24, 2.45) is 5.92 Å². The third-order valence-corrected chi connectivity index (χ3v) is 5.45. The standard InChI is InChI=1S/C15H23NO2S/c1-16-13-7-5-6-12(13)10-11-19(17)15-9-4-3-8-14(15)18-2/h3-4,8-9,12-13,16H,5-7,10-11H2,1-2H3. The number of rotatable bonds is 6. The summed E-state index contributed by atoms with van der Waals surface area (Å²) in [6.07, 6.45) is 4.82. The van der Waals surface area contributed by atoms with Crippen molar-refractivity contribution in [2.45, 2.75) is 36.6 Å². The molecular weight excluding hydrogens is 258 g/mol. The van der Waals surface area contributed by atoms with E-state index >= 15 is 0 Å². The maximum Gasteiger partial charge on any atom is 0.134 e. The maximum atomic E-state index is 12.4. The first-order valence-corrected chi connectivity index (χ1v) is 8.26. The molecule has 0 radical (unpaired) electrons. The lowest BCUT2D eigenvalue weighted by atomic mass is 10.0. The summed E-state index contributed by atoms with van der Waals surface area (Å²) in [5, 5.41) is 3.38. The highest BCUT2D eigenvalue weighted by molar-refractivity contribution is 7.85. The Morgan fingerprint density at radius 3 is 2.89 bits per heavy atom. The van der Waals surface area contributed by atoms with Crippen LogP contribution in [0, 0.1) is 5.92 Å². The summed E-state index contributed by atoms with van der Waals surface area (Å²) in [6.45, 7) is 0. The minimum absolute atomic E-state index is 0.606. The van der Waals surface area contributed by atoms with E-state index in [2.05, 4.69) is 5.32 Å². The fourth-order valence-corrected chi connectivity index (χ4v) is 4.28. The summed E-state index contributed by atoms with van der Waals surface area (Å²) in [4.78, 5) is 0.823. The Bertz CT molecular complexity index is 436. The van der Waals surface area contributed by atoms with Gasteiger partial charge in [-0.15, -0.1) is 0 Å². The molecule has 0 bridgehead atoms. The van der Waals surface area contributed by atoms with Gasteiger partial charge in [0.2, 0.25) is 0 Å². The van der Waals surface area contributed by atoms with Crippen LogP contribution in [0.4, 0.5) is 0 Å². The zero-order valence-corrected chi connectivity index (χ0v) is 12.5. The van der Waals surface area contributed by atoms with Gasteiger partial charge in [-0.3, -0.25) is 4.21 Å². The molecule has 1 saturated carbocycles. The van der Waals surface area contributed by atoms with E-state index in [0.717, 1.165) is 22.8 Å². The van der Waals surface area contributed by atoms with Gasteiger partial charge in [-0.1, -0.05) is 18.6 Å². The Morgan fingerprint density at radius 2 is 2.16 bits per heavy atom. The van der Waals surface area contributed by atoms with E-state index < -0.39 is 10.8 Å². The quantitative estimate of drug-likeness (QED) is 0.871. The molecular formula is C15H23NO2S. The number of ether oxygens (including phenoxy) is 1. The Hall–Kier alpha value is -0.870. The monoisotopic (exact) mass is 281 g/mol. The van der Waals surface area contributed by atoms with Crippen molar-refractivity contribution in [3.8, 4) is 5.75 Å². The SMILES string of the molecule is CNC1CCCC1CCS(=O)c1ccccc1OC. The van der Waals surface area contributed by atoms with Crippen molar-refractivity contribution in [3.63, 3.8) is 0 Å². The Morgan fingerprint density at radius 1 is 1.37 bits per heavy atom. The highest BCUT2D eigenvalue weighted by Crippen LogP contribution is 2.29. The van der Waals surface area contributed by atoms with Crippen molar-refractivity contribution >= 4 is 10.8 Å². The molecule has 106 valence electrons. The second-order valence-corrected chi connectivity index (χ2v) is 6.61. The van der Waals surface area contributed by atoms with Gasteiger partial charge in [0.1, 0.15) is 5.75 Å². The number of methoxy groups -OCH3 is 1. The summed E-state index contributed by atoms with van der Waals surface area (Å²) < 4.78 is 17.7. The first-order chi connectivity index (χ1) is 9.26. The van der Waals surface area contributed by atoms with Crippen molar-refractivity contribution in [1.29, 1.82) is 0 Å². The zero-order valence-electron chi connectivity index (χ0n) is 11.7. The molecule has 1 aromatic rings. The van der Waals surface area contributed by atoms with E-state index in [9.17, 15) is 4.21 Å². The summed E-state index contributed by atoms with van der Waals surface area (Å²) in [5.74, 6) is 2.13. The molecule has 0 aromatic heterocycles. The molecule has 0 aliphatic heterocycles. The lowest BCUT2D eigenvalue weighted by Gasteiger charge is -2.18. The molecule has 1 fully saturated rings. The van der Waals surface area contributed by atoms with Crippen LogP contribution in [0.5, 0.6) is 5.75 Å². The van der Waals surface area contributed by atoms with Crippen LogP contribution in [-0.2, 0) is 10.8 Å². The Kier molecular flexibility index (Phi) is 5.40. The van der Waals surface area contributed by atoms with Gasteiger partial charge in [-0.2, -0.15) is 0 Å². The van der Waals surface area contributed by atoms with Gasteiger partial charge >= 0.3 is 0 Å². The second-order valence-electron chi connectivity index (χ2n) is 5.08. The molecule has 2 rings (SSSR count). The van der Waals surface area contributed by atoms with Crippen molar-refractivity contribution < 1.29 is 8.95 Å². The maximum absolute atomic E-state index is 12.4. The van der Waals surface area contributed by atoms with Crippen LogP contribution in [0.1, 0.15) is 25.7 Å². The van der Waals surface area contributed by atoms with Gasteiger partial charge < -0.3 is 10.1 Å². The predicted molar refractivity (Wildman–Crippen MR) is 79.1 cm³/mol. The summed E-state index contributed by atoms with van der Waals surface area (Å²) in [7, 11) is 2.70. The highest BCUT2D eigenvalue weighted by atomic mass is 32.2. The number of nitrogens with one attached hydrogen (secondary N) is 1. The van der Waals surface area contributed by atoms with Crippen molar-refractivity contribution in [3.05, 3.63) is 24.3 Å². The molecule has 0 spiro atoms. The minimum atomic E-state index is -0.961. The van der Waals surface area contributed by atoms with Crippen LogP contribution in [0.2, 0.25) is 0 Å². The average molecular weight is 281 g/mol. The van der Waals surface area contributed by atoms with Gasteiger partial charge in [-0.25, -0.2) is 0 Å². The molecule has 0 saturated heterocycles. The normalized spacial score (nSPS) is 24.3. The number of hydrogen-bond donors (Lipinski definition) is 1. The third kappa shape index (κ3) is 3.57. The van der Waals surface area contributed by atoms with E-state index in [-0.39, 0.29) is 0 Å². The highest BCUT2D eigenvalue weighted by Gasteiger charge is 2.26. The fraction of sp³-hybridized carbons (Fsp3) is 0.600. The van der Waals surface area contributed by atoms with Gasteiger partial charge in [0.05, 0.1) is 22.8 Å². The first-order valence-electron chi connectivity index (χ1n) is 6.95. The van der Waals surface area contributed by atoms with Gasteiger partial charge in [0.25, 0.3) is 0 Å². The van der Waals surface area contributed by atoms with Crippen LogP contribution in [0.15, 0.2) is 29.2 Å². The van der Waals surface area contributed by atoms with Crippen LogP contribution >= 0.6 is 0 Å². The zero-order chi connectivity index (χ0) is 13.7. The summed E-state index contributed by atoms with van der Waals surface area (Å²) in [6, 6.07) is 8.21. The van der Waals surface area contributed by atoms with E-state index in [1.165, 1.54) is 19.3 Å². The Labute approximate surface area is 118 Å². The van der Waals surface area contributed by atoms with E-state index in [0.29, 0.717) is 12.0 Å². The second kappa shape index (κ2) is 7.06. The predicted octanol–water partition coefficient (Wildman–Crippen LogP) is 2.58. The van der Waals surface area contributed by atoms with Crippen LogP contribution in [-0.4, -0.2) is 30.2 Å². The van der Waals surface area contributed by atoms with E-state index in [4.69, 9.17) is 4.74 Å². The van der Waals surface area contributed by atoms with Crippen LogP contribution in [0.25, 0.3) is 0 Å². The first kappa shape index (κ1) is 14.5. The fourth-order valence-electron chi connectivity index (χ4n) is 2.94. The molecule has 4 heteroatoms. The molecule has 1 N–H and O–H groups in total. The van der Waals surface area contributed by atoms with Gasteiger partial charge in [0.15, 0.2) is 0 Å². The van der Waals surface area contributed by atoms with Crippen molar-refractivity contribution in [1.82, 2.24) is 5.32 Å². The van der Waals surface area contributed by atoms with Crippen LogP contribution in [0.3, 0.4) is 0 Å². The van der Waals surface area contributed by atoms with E-state index in [1.807, 2.05) is 31.3 Å². The molecule has 1 aliphatic carbocycles. The lowest BCUT2D eigenvalue weighted by Crippen LogP contribution is -2.29. The lowest BCUT2D eigenvalue weighted by molar-refractivity contribution is 0.403. The third-order valence-electron chi connectivity index (χ3n) is 4.02.